The van der Waals surface area contributed by atoms with E-state index in [2.05, 4.69) is 13.8 Å². The smallest absolute Gasteiger partial charge is 0.173 e. The van der Waals surface area contributed by atoms with Gasteiger partial charge in [-0.3, -0.25) is 4.79 Å². The van der Waals surface area contributed by atoms with Crippen molar-refractivity contribution in [3.8, 4) is 0 Å². The number of carbonyl (C=O) groups excluding carboxylic acids is 1. The minimum absolute atomic E-state index is 0.193. The molecule has 0 aromatic carbocycles. The van der Waals surface area contributed by atoms with Crippen LogP contribution in [0, 0.1) is 11.8 Å². The van der Waals surface area contributed by atoms with Crippen LogP contribution < -0.4 is 0 Å². The average Bonchev–Trinajstić information content (AvgIpc) is 2.28. The van der Waals surface area contributed by atoms with E-state index in [1.165, 1.54) is 0 Å². The summed E-state index contributed by atoms with van der Waals surface area (Å²) < 4.78 is 11.2. The molecule has 0 bridgehead atoms. The van der Waals surface area contributed by atoms with Crippen LogP contribution in [0.3, 0.4) is 0 Å². The van der Waals surface area contributed by atoms with Gasteiger partial charge in [-0.1, -0.05) is 13.8 Å². The fourth-order valence-electron chi connectivity index (χ4n) is 2.86. The van der Waals surface area contributed by atoms with Gasteiger partial charge in [0.25, 0.3) is 0 Å². The van der Waals surface area contributed by atoms with E-state index in [1.807, 2.05) is 0 Å². The van der Waals surface area contributed by atoms with Crippen LogP contribution in [0.1, 0.15) is 39.5 Å². The lowest BCUT2D eigenvalue weighted by atomic mass is 9.72. The van der Waals surface area contributed by atoms with Crippen molar-refractivity contribution in [1.82, 2.24) is 0 Å². The second-order valence-corrected chi connectivity index (χ2v) is 4.29. The quantitative estimate of drug-likeness (QED) is 0.674. The second-order valence-electron chi connectivity index (χ2n) is 4.29. The number of ketones is 1. The van der Waals surface area contributed by atoms with Crippen LogP contribution in [0.15, 0.2) is 0 Å². The minimum Gasteiger partial charge on any atom is -0.353 e. The summed E-state index contributed by atoms with van der Waals surface area (Å²) in [5, 5.41) is 0. The summed E-state index contributed by atoms with van der Waals surface area (Å²) in [7, 11) is 3.37. The van der Waals surface area contributed by atoms with E-state index in [4.69, 9.17) is 9.47 Å². The molecule has 3 heteroatoms. The molecule has 1 fully saturated rings. The van der Waals surface area contributed by atoms with Crippen LogP contribution in [0.2, 0.25) is 0 Å². The summed E-state index contributed by atoms with van der Waals surface area (Å²) >= 11 is 0. The Morgan fingerprint density at radius 3 is 1.80 bits per heavy atom. The van der Waals surface area contributed by atoms with Crippen molar-refractivity contribution in [1.29, 1.82) is 0 Å². The van der Waals surface area contributed by atoms with E-state index in [0.29, 0.717) is 18.6 Å². The van der Waals surface area contributed by atoms with Gasteiger partial charge in [0, 0.05) is 38.9 Å². The third kappa shape index (κ3) is 2.08. The van der Waals surface area contributed by atoms with E-state index in [-0.39, 0.29) is 11.8 Å². The molecule has 0 aromatic heterocycles. The van der Waals surface area contributed by atoms with Crippen molar-refractivity contribution in [3.63, 3.8) is 0 Å². The number of methoxy groups -OCH3 is 2. The molecule has 1 saturated carbocycles. The number of hydrogen-bond donors (Lipinski definition) is 0. The fraction of sp³-hybridized carbons (Fsp3) is 0.917. The van der Waals surface area contributed by atoms with Gasteiger partial charge in [-0.05, 0) is 12.8 Å². The topological polar surface area (TPSA) is 35.5 Å². The third-order valence-electron chi connectivity index (χ3n) is 3.71. The molecule has 2 atom stereocenters. The second kappa shape index (κ2) is 5.08. The molecule has 0 N–H and O–H groups in total. The lowest BCUT2D eigenvalue weighted by Crippen LogP contribution is -2.52. The highest BCUT2D eigenvalue weighted by molar-refractivity contribution is 5.80. The van der Waals surface area contributed by atoms with Gasteiger partial charge in [-0.25, -0.2) is 0 Å². The van der Waals surface area contributed by atoms with E-state index < -0.39 is 5.79 Å². The molecule has 0 aliphatic heterocycles. The van der Waals surface area contributed by atoms with Gasteiger partial charge < -0.3 is 9.47 Å². The van der Waals surface area contributed by atoms with Crippen molar-refractivity contribution in [2.45, 2.75) is 45.3 Å². The molecule has 0 saturated heterocycles. The summed E-state index contributed by atoms with van der Waals surface area (Å²) in [6.07, 6.45) is 3.02. The molecule has 0 amide bonds. The minimum atomic E-state index is -0.544. The van der Waals surface area contributed by atoms with Crippen LogP contribution in [0.25, 0.3) is 0 Å². The van der Waals surface area contributed by atoms with Gasteiger partial charge in [0.1, 0.15) is 5.78 Å². The molecule has 1 aliphatic rings. The van der Waals surface area contributed by atoms with Crippen LogP contribution in [-0.2, 0) is 14.3 Å². The molecule has 1 aliphatic carbocycles. The molecule has 0 aromatic rings. The first kappa shape index (κ1) is 12.7. The molecule has 1 rings (SSSR count). The molecule has 0 spiro atoms. The van der Waals surface area contributed by atoms with Gasteiger partial charge in [-0.15, -0.1) is 0 Å². The van der Waals surface area contributed by atoms with Crippen molar-refractivity contribution in [3.05, 3.63) is 0 Å². The Hall–Kier alpha value is -0.410. The molecule has 15 heavy (non-hydrogen) atoms. The van der Waals surface area contributed by atoms with Crippen molar-refractivity contribution in [2.24, 2.45) is 11.8 Å². The first-order valence-electron chi connectivity index (χ1n) is 5.76. The van der Waals surface area contributed by atoms with E-state index in [9.17, 15) is 4.79 Å². The van der Waals surface area contributed by atoms with E-state index >= 15 is 0 Å². The van der Waals surface area contributed by atoms with Crippen LogP contribution in [-0.4, -0.2) is 25.8 Å². The van der Waals surface area contributed by atoms with Crippen LogP contribution in [0.5, 0.6) is 0 Å². The number of ether oxygens (including phenoxy) is 2. The average molecular weight is 214 g/mol. The summed E-state index contributed by atoms with van der Waals surface area (Å²) in [4.78, 5) is 11.6. The molecule has 3 nitrogen and oxygen atoms in total. The maximum absolute atomic E-state index is 11.6. The molecule has 0 radical (unpaired) electrons. The zero-order valence-electron chi connectivity index (χ0n) is 10.2. The highest BCUT2D eigenvalue weighted by atomic mass is 16.7. The number of hydrogen-bond acceptors (Lipinski definition) is 3. The van der Waals surface area contributed by atoms with Crippen molar-refractivity contribution in [2.75, 3.05) is 14.2 Å². The Morgan fingerprint density at radius 1 is 1.13 bits per heavy atom. The van der Waals surface area contributed by atoms with Gasteiger partial charge >= 0.3 is 0 Å². The molecular formula is C12H22O3. The standard InChI is InChI=1S/C12H22O3/c1-5-9-7-11(13)8-10(6-2)12(9,14-3)15-4/h9-10H,5-8H2,1-4H3/t9-,10+. The van der Waals surface area contributed by atoms with Crippen molar-refractivity contribution < 1.29 is 14.3 Å². The van der Waals surface area contributed by atoms with Gasteiger partial charge in [0.05, 0.1) is 0 Å². The first-order chi connectivity index (χ1) is 7.14. The number of Topliss-reactive ketones (excluding diaryl/α,β-unsaturated/α-hetero) is 1. The van der Waals surface area contributed by atoms with Crippen molar-refractivity contribution >= 4 is 5.78 Å². The number of rotatable bonds is 4. The van der Waals surface area contributed by atoms with Gasteiger partial charge in [-0.2, -0.15) is 0 Å². The SMILES string of the molecule is CC[C@@H]1CC(=O)C[C@H](CC)C1(OC)OC. The summed E-state index contributed by atoms with van der Waals surface area (Å²) in [6.45, 7) is 4.17. The highest BCUT2D eigenvalue weighted by Crippen LogP contribution is 2.43. The Bertz CT molecular complexity index is 203. The Labute approximate surface area is 92.1 Å². The summed E-state index contributed by atoms with van der Waals surface area (Å²) in [5.74, 6) is 0.188. The molecule has 0 unspecified atom stereocenters. The van der Waals surface area contributed by atoms with Crippen LogP contribution in [0.4, 0.5) is 0 Å². The Morgan fingerprint density at radius 2 is 1.53 bits per heavy atom. The normalized spacial score (nSPS) is 30.5. The van der Waals surface area contributed by atoms with E-state index in [0.717, 1.165) is 12.8 Å². The number of carbonyl (C=O) groups is 1. The monoisotopic (exact) mass is 214 g/mol. The summed E-state index contributed by atoms with van der Waals surface area (Å²) in [5.41, 5.74) is 0. The maximum Gasteiger partial charge on any atom is 0.173 e. The lowest BCUT2D eigenvalue weighted by Gasteiger charge is -2.46. The zero-order valence-corrected chi connectivity index (χ0v) is 10.2. The third-order valence-corrected chi connectivity index (χ3v) is 3.71. The predicted molar refractivity (Wildman–Crippen MR) is 58.6 cm³/mol. The van der Waals surface area contributed by atoms with Crippen LogP contribution >= 0.6 is 0 Å². The molecular weight excluding hydrogens is 192 g/mol. The molecule has 0 heterocycles. The molecule has 88 valence electrons. The Balaban J connectivity index is 2.97. The zero-order chi connectivity index (χ0) is 11.5. The van der Waals surface area contributed by atoms with Gasteiger partial charge in [0.2, 0.25) is 0 Å². The summed E-state index contributed by atoms with van der Waals surface area (Å²) in [6, 6.07) is 0. The highest BCUT2D eigenvalue weighted by Gasteiger charge is 2.49. The Kier molecular flexibility index (Phi) is 4.29. The maximum atomic E-state index is 11.6. The largest absolute Gasteiger partial charge is 0.353 e. The first-order valence-corrected chi connectivity index (χ1v) is 5.76. The van der Waals surface area contributed by atoms with E-state index in [1.54, 1.807) is 14.2 Å². The fourth-order valence-corrected chi connectivity index (χ4v) is 2.86. The van der Waals surface area contributed by atoms with Gasteiger partial charge in [0.15, 0.2) is 5.79 Å². The predicted octanol–water partition coefficient (Wildman–Crippen LogP) is 2.39. The lowest BCUT2D eigenvalue weighted by molar-refractivity contribution is -0.280.